The second-order valence-corrected chi connectivity index (χ2v) is 7.37. The monoisotopic (exact) mass is 403 g/mol. The fourth-order valence-electron chi connectivity index (χ4n) is 1.97. The fraction of sp³-hybridized carbons (Fsp3) is 0.706. The van der Waals surface area contributed by atoms with E-state index in [1.165, 1.54) is 0 Å². The summed E-state index contributed by atoms with van der Waals surface area (Å²) in [6, 6.07) is -2.44. The zero-order valence-electron chi connectivity index (χ0n) is 16.7. The van der Waals surface area contributed by atoms with Crippen LogP contribution in [0.2, 0.25) is 0 Å². The third kappa shape index (κ3) is 10.5. The molecule has 0 rings (SSSR count). The van der Waals surface area contributed by atoms with Gasteiger partial charge in [0.1, 0.15) is 17.7 Å². The van der Waals surface area contributed by atoms with Crippen molar-refractivity contribution in [3.63, 3.8) is 0 Å². The van der Waals surface area contributed by atoms with Gasteiger partial charge in [0.2, 0.25) is 11.8 Å². The van der Waals surface area contributed by atoms with Gasteiger partial charge < -0.3 is 30.9 Å². The lowest BCUT2D eigenvalue weighted by molar-refractivity contribution is -0.147. The summed E-state index contributed by atoms with van der Waals surface area (Å²) in [4.78, 5) is 58.7. The second kappa shape index (κ2) is 11.2. The van der Waals surface area contributed by atoms with Gasteiger partial charge in [0.25, 0.3) is 0 Å². The lowest BCUT2D eigenvalue weighted by Gasteiger charge is -2.24. The molecule has 11 heteroatoms. The molecule has 0 radical (unpaired) electrons. The second-order valence-electron chi connectivity index (χ2n) is 7.37. The number of carbonyl (C=O) groups excluding carboxylic acids is 4. The summed E-state index contributed by atoms with van der Waals surface area (Å²) < 4.78 is 9.41. The Bertz CT molecular complexity index is 598. The van der Waals surface area contributed by atoms with Crippen LogP contribution in [-0.4, -0.2) is 59.2 Å². The normalized spacial score (nSPS) is 13.2. The first kappa shape index (κ1) is 25.3. The van der Waals surface area contributed by atoms with Gasteiger partial charge in [-0.05, 0) is 33.1 Å². The van der Waals surface area contributed by atoms with Gasteiger partial charge in [-0.1, -0.05) is 13.8 Å². The highest BCUT2D eigenvalue weighted by Crippen LogP contribution is 2.10. The number of aliphatic carboxylic acids is 1. The third-order valence-corrected chi connectivity index (χ3v) is 3.27. The molecule has 0 saturated carbocycles. The van der Waals surface area contributed by atoms with Gasteiger partial charge in [0.15, 0.2) is 0 Å². The molecule has 0 fully saturated rings. The third-order valence-electron chi connectivity index (χ3n) is 3.27. The van der Waals surface area contributed by atoms with Crippen molar-refractivity contribution < 1.29 is 38.6 Å². The molecule has 0 heterocycles. The molecule has 28 heavy (non-hydrogen) atoms. The van der Waals surface area contributed by atoms with Gasteiger partial charge in [-0.2, -0.15) is 0 Å². The van der Waals surface area contributed by atoms with Crippen LogP contribution >= 0.6 is 0 Å². The molecule has 0 spiro atoms. The Balaban J connectivity index is 5.23. The minimum atomic E-state index is -1.42. The summed E-state index contributed by atoms with van der Waals surface area (Å²) in [7, 11) is 0. The first-order chi connectivity index (χ1) is 12.8. The fourth-order valence-corrected chi connectivity index (χ4v) is 1.97. The molecule has 160 valence electrons. The molecule has 0 aromatic rings. The molecule has 0 saturated heterocycles. The average Bonchev–Trinajstić information content (AvgIpc) is 2.53. The van der Waals surface area contributed by atoms with Crippen LogP contribution in [0, 0.1) is 5.92 Å². The van der Waals surface area contributed by atoms with Gasteiger partial charge in [-0.25, -0.2) is 9.59 Å². The number of hydrogen-bond acceptors (Lipinski definition) is 8. The molecule has 5 N–H and O–H groups in total. The summed E-state index contributed by atoms with van der Waals surface area (Å²) in [6.07, 6.45) is -2.06. The molecule has 2 atom stereocenters. The Morgan fingerprint density at radius 3 is 2.07 bits per heavy atom. The van der Waals surface area contributed by atoms with Crippen molar-refractivity contribution in [2.75, 3.05) is 6.54 Å². The number of carboxylic acids is 1. The summed E-state index contributed by atoms with van der Waals surface area (Å²) in [6.45, 7) is 7.68. The van der Waals surface area contributed by atoms with Crippen molar-refractivity contribution in [2.45, 2.75) is 65.1 Å². The minimum Gasteiger partial charge on any atom is -0.481 e. The predicted molar refractivity (Wildman–Crippen MR) is 96.9 cm³/mol. The van der Waals surface area contributed by atoms with Crippen molar-refractivity contribution in [3.8, 4) is 0 Å². The number of carboxylic acid groups (broad SMARTS) is 1. The topological polar surface area (TPSA) is 174 Å². The molecule has 2 amide bonds. The molecular formula is C17H29N3O8. The van der Waals surface area contributed by atoms with E-state index in [1.807, 2.05) is 0 Å². The molecule has 0 aliphatic rings. The van der Waals surface area contributed by atoms with Crippen LogP contribution in [0.15, 0.2) is 0 Å². The molecule has 11 nitrogen and oxygen atoms in total. The van der Waals surface area contributed by atoms with E-state index >= 15 is 0 Å². The summed E-state index contributed by atoms with van der Waals surface area (Å²) >= 11 is 0. The van der Waals surface area contributed by atoms with Crippen molar-refractivity contribution in [2.24, 2.45) is 11.7 Å². The van der Waals surface area contributed by atoms with Crippen molar-refractivity contribution in [1.82, 2.24) is 10.6 Å². The number of nitrogens with one attached hydrogen (secondary N) is 2. The molecule has 2 unspecified atom stereocenters. The Hall–Kier alpha value is -2.69. The number of rotatable bonds is 9. The SMILES string of the molecule is CC(C)C(NC(=O)CN)C(=O)NC(CCC(=O)O)C(=O)OC(=O)OC(C)(C)C. The number of esters is 1. The van der Waals surface area contributed by atoms with E-state index in [4.69, 9.17) is 15.6 Å². The molecule has 0 aliphatic carbocycles. The molecule has 0 aliphatic heterocycles. The van der Waals surface area contributed by atoms with Crippen molar-refractivity contribution in [1.29, 1.82) is 0 Å². The highest BCUT2D eigenvalue weighted by molar-refractivity contribution is 5.93. The first-order valence-electron chi connectivity index (χ1n) is 8.73. The van der Waals surface area contributed by atoms with E-state index in [2.05, 4.69) is 15.4 Å². The highest BCUT2D eigenvalue weighted by Gasteiger charge is 2.31. The lowest BCUT2D eigenvalue weighted by atomic mass is 10.0. The predicted octanol–water partition coefficient (Wildman–Crippen LogP) is -0.0862. The van der Waals surface area contributed by atoms with Crippen LogP contribution in [0.4, 0.5) is 4.79 Å². The van der Waals surface area contributed by atoms with Gasteiger partial charge in [-0.3, -0.25) is 14.4 Å². The standard InChI is InChI=1S/C17H29N3O8/c1-9(2)13(20-11(21)8-18)14(24)19-10(6-7-12(22)23)15(25)27-16(26)28-17(3,4)5/h9-10,13H,6-8,18H2,1-5H3,(H,19,24)(H,20,21)(H,22,23). The van der Waals surface area contributed by atoms with Crippen LogP contribution in [0.3, 0.4) is 0 Å². The van der Waals surface area contributed by atoms with E-state index in [-0.39, 0.29) is 18.9 Å². The molecular weight excluding hydrogens is 374 g/mol. The van der Waals surface area contributed by atoms with E-state index < -0.39 is 54.0 Å². The maximum absolute atomic E-state index is 12.5. The maximum atomic E-state index is 12.5. The van der Waals surface area contributed by atoms with Crippen molar-refractivity contribution >= 4 is 29.9 Å². The largest absolute Gasteiger partial charge is 0.516 e. The molecule has 0 bridgehead atoms. The molecule has 0 aromatic carbocycles. The van der Waals surface area contributed by atoms with Crippen LogP contribution in [0.5, 0.6) is 0 Å². The lowest BCUT2D eigenvalue weighted by Crippen LogP contribution is -2.55. The number of hydrogen-bond donors (Lipinski definition) is 4. The summed E-state index contributed by atoms with van der Waals surface area (Å²) in [5, 5.41) is 13.6. The Labute approximate surface area is 163 Å². The molecule has 0 aromatic heterocycles. The first-order valence-corrected chi connectivity index (χ1v) is 8.73. The van der Waals surface area contributed by atoms with E-state index in [1.54, 1.807) is 34.6 Å². The van der Waals surface area contributed by atoms with Gasteiger partial charge in [-0.15, -0.1) is 0 Å². The van der Waals surface area contributed by atoms with E-state index in [9.17, 15) is 24.0 Å². The van der Waals surface area contributed by atoms with Crippen LogP contribution in [-0.2, 0) is 28.7 Å². The average molecular weight is 403 g/mol. The van der Waals surface area contributed by atoms with Gasteiger partial charge in [0.05, 0.1) is 6.54 Å². The van der Waals surface area contributed by atoms with Gasteiger partial charge in [0, 0.05) is 6.42 Å². The van der Waals surface area contributed by atoms with Crippen molar-refractivity contribution in [3.05, 3.63) is 0 Å². The number of nitrogens with two attached hydrogens (primary N) is 1. The Morgan fingerprint density at radius 1 is 1.07 bits per heavy atom. The maximum Gasteiger partial charge on any atom is 0.516 e. The van der Waals surface area contributed by atoms with E-state index in [0.29, 0.717) is 0 Å². The number of amides is 2. The van der Waals surface area contributed by atoms with Crippen LogP contribution in [0.1, 0.15) is 47.5 Å². The van der Waals surface area contributed by atoms with Crippen LogP contribution in [0.25, 0.3) is 0 Å². The Kier molecular flexibility index (Phi) is 10.1. The number of ether oxygens (including phenoxy) is 2. The zero-order chi connectivity index (χ0) is 22.1. The van der Waals surface area contributed by atoms with E-state index in [0.717, 1.165) is 0 Å². The van der Waals surface area contributed by atoms with Gasteiger partial charge >= 0.3 is 18.1 Å². The summed E-state index contributed by atoms with van der Waals surface area (Å²) in [5.74, 6) is -4.05. The highest BCUT2D eigenvalue weighted by atomic mass is 16.7. The van der Waals surface area contributed by atoms with Crippen LogP contribution < -0.4 is 16.4 Å². The number of carbonyl (C=O) groups is 5. The summed E-state index contributed by atoms with van der Waals surface area (Å²) in [5.41, 5.74) is 4.31. The minimum absolute atomic E-state index is 0.321. The quantitative estimate of drug-likeness (QED) is 0.303. The smallest absolute Gasteiger partial charge is 0.481 e. The zero-order valence-corrected chi connectivity index (χ0v) is 16.7. The Morgan fingerprint density at radius 2 is 1.64 bits per heavy atom.